The van der Waals surface area contributed by atoms with E-state index in [4.69, 9.17) is 11.6 Å². The third kappa shape index (κ3) is 2.79. The van der Waals surface area contributed by atoms with Gasteiger partial charge in [0.15, 0.2) is 0 Å². The van der Waals surface area contributed by atoms with Gasteiger partial charge in [0.05, 0.1) is 10.7 Å². The lowest BCUT2D eigenvalue weighted by molar-refractivity contribution is -0.121. The van der Waals surface area contributed by atoms with Crippen molar-refractivity contribution in [1.29, 1.82) is 0 Å². The number of hydrogen-bond donors (Lipinski definition) is 2. The minimum Gasteiger partial charge on any atom is -0.325 e. The lowest BCUT2D eigenvalue weighted by Gasteiger charge is -2.31. The van der Waals surface area contributed by atoms with Crippen molar-refractivity contribution in [3.05, 3.63) is 28.8 Å². The van der Waals surface area contributed by atoms with Gasteiger partial charge in [-0.1, -0.05) is 24.6 Å². The number of benzene rings is 1. The molecule has 0 saturated carbocycles. The molecule has 1 aromatic carbocycles. The fraction of sp³-hybridized carbons (Fsp3) is 0.462. The van der Waals surface area contributed by atoms with Crippen LogP contribution >= 0.6 is 11.6 Å². The van der Waals surface area contributed by atoms with Crippen molar-refractivity contribution in [2.45, 2.75) is 13.8 Å². The zero-order valence-corrected chi connectivity index (χ0v) is 10.8. The van der Waals surface area contributed by atoms with Crippen molar-refractivity contribution < 1.29 is 4.79 Å². The van der Waals surface area contributed by atoms with Gasteiger partial charge in [-0.15, -0.1) is 0 Å². The highest BCUT2D eigenvalue weighted by Crippen LogP contribution is 2.24. The first-order valence-corrected chi connectivity index (χ1v) is 6.23. The molecule has 1 amide bonds. The van der Waals surface area contributed by atoms with Crippen molar-refractivity contribution in [2.75, 3.05) is 18.4 Å². The molecule has 1 aliphatic rings. The standard InChI is InChI=1S/C13H17ClN2O/c1-8-3-4-11(14)12(5-8)16-13(17)9(2)10-6-15-7-10/h3-5,9-10,15H,6-7H2,1-2H3,(H,16,17). The van der Waals surface area contributed by atoms with Gasteiger partial charge < -0.3 is 10.6 Å². The lowest BCUT2D eigenvalue weighted by atomic mass is 9.88. The molecule has 0 radical (unpaired) electrons. The predicted octanol–water partition coefficient (Wildman–Crippen LogP) is 2.44. The number of anilines is 1. The number of aryl methyl sites for hydroxylation is 1. The lowest BCUT2D eigenvalue weighted by Crippen LogP contribution is -2.48. The molecule has 1 saturated heterocycles. The molecule has 92 valence electrons. The van der Waals surface area contributed by atoms with Crippen LogP contribution in [0.15, 0.2) is 18.2 Å². The Bertz CT molecular complexity index is 429. The van der Waals surface area contributed by atoms with Crippen molar-refractivity contribution in [2.24, 2.45) is 11.8 Å². The zero-order valence-electron chi connectivity index (χ0n) is 10.1. The third-order valence-corrected chi connectivity index (χ3v) is 3.64. The van der Waals surface area contributed by atoms with Crippen LogP contribution in [0.25, 0.3) is 0 Å². The molecule has 2 N–H and O–H groups in total. The predicted molar refractivity (Wildman–Crippen MR) is 70.3 cm³/mol. The molecule has 0 bridgehead atoms. The largest absolute Gasteiger partial charge is 0.325 e. The van der Waals surface area contributed by atoms with Crippen LogP contribution in [0.5, 0.6) is 0 Å². The van der Waals surface area contributed by atoms with Crippen LogP contribution in [0, 0.1) is 18.8 Å². The van der Waals surface area contributed by atoms with Crippen LogP contribution in [-0.2, 0) is 4.79 Å². The Kier molecular flexibility index (Phi) is 3.69. The molecule has 1 heterocycles. The molecule has 1 aromatic rings. The molecule has 3 nitrogen and oxygen atoms in total. The minimum atomic E-state index is 0.0211. The second-order valence-electron chi connectivity index (χ2n) is 4.68. The summed E-state index contributed by atoms with van der Waals surface area (Å²) in [5.41, 5.74) is 1.79. The van der Waals surface area contributed by atoms with E-state index < -0.39 is 0 Å². The van der Waals surface area contributed by atoms with Crippen molar-refractivity contribution in [1.82, 2.24) is 5.32 Å². The van der Waals surface area contributed by atoms with Gasteiger partial charge in [-0.3, -0.25) is 4.79 Å². The second-order valence-corrected chi connectivity index (χ2v) is 5.09. The maximum absolute atomic E-state index is 12.0. The molecule has 1 aliphatic heterocycles. The first-order chi connectivity index (χ1) is 8.08. The van der Waals surface area contributed by atoms with Gasteiger partial charge in [-0.05, 0) is 43.6 Å². The molecule has 4 heteroatoms. The summed E-state index contributed by atoms with van der Waals surface area (Å²) in [7, 11) is 0. The van der Waals surface area contributed by atoms with E-state index >= 15 is 0 Å². The van der Waals surface area contributed by atoms with Crippen LogP contribution in [0.4, 0.5) is 5.69 Å². The number of amides is 1. The Morgan fingerprint density at radius 3 is 2.82 bits per heavy atom. The maximum Gasteiger partial charge on any atom is 0.227 e. The van der Waals surface area contributed by atoms with Crippen LogP contribution in [0.2, 0.25) is 5.02 Å². The second kappa shape index (κ2) is 5.07. The quantitative estimate of drug-likeness (QED) is 0.868. The van der Waals surface area contributed by atoms with Gasteiger partial charge in [-0.25, -0.2) is 0 Å². The van der Waals surface area contributed by atoms with Gasteiger partial charge in [0.2, 0.25) is 5.91 Å². The smallest absolute Gasteiger partial charge is 0.227 e. The Morgan fingerprint density at radius 2 is 2.24 bits per heavy atom. The topological polar surface area (TPSA) is 41.1 Å². The Balaban J connectivity index is 2.04. The van der Waals surface area contributed by atoms with E-state index in [1.54, 1.807) is 0 Å². The van der Waals surface area contributed by atoms with Crippen LogP contribution in [-0.4, -0.2) is 19.0 Å². The molecule has 1 fully saturated rings. The van der Waals surface area contributed by atoms with Gasteiger partial charge in [0.25, 0.3) is 0 Å². The molecule has 0 spiro atoms. The van der Waals surface area contributed by atoms with Crippen LogP contribution < -0.4 is 10.6 Å². The number of hydrogen-bond acceptors (Lipinski definition) is 2. The molecule has 2 rings (SSSR count). The van der Waals surface area contributed by atoms with Crippen molar-refractivity contribution >= 4 is 23.2 Å². The number of rotatable bonds is 3. The molecular formula is C13H17ClN2O. The maximum atomic E-state index is 12.0. The molecule has 0 aliphatic carbocycles. The zero-order chi connectivity index (χ0) is 12.4. The number of carbonyl (C=O) groups is 1. The first-order valence-electron chi connectivity index (χ1n) is 5.85. The van der Waals surface area contributed by atoms with Crippen molar-refractivity contribution in [3.8, 4) is 0 Å². The van der Waals surface area contributed by atoms with Gasteiger partial charge >= 0.3 is 0 Å². The highest BCUT2D eigenvalue weighted by molar-refractivity contribution is 6.33. The summed E-state index contributed by atoms with van der Waals surface area (Å²) in [5.74, 6) is 0.510. The molecule has 1 atom stereocenters. The molecule has 1 unspecified atom stereocenters. The van der Waals surface area contributed by atoms with E-state index in [0.29, 0.717) is 16.6 Å². The fourth-order valence-electron chi connectivity index (χ4n) is 1.86. The first kappa shape index (κ1) is 12.4. The molecule has 17 heavy (non-hydrogen) atoms. The third-order valence-electron chi connectivity index (χ3n) is 3.31. The van der Waals surface area contributed by atoms with E-state index in [9.17, 15) is 4.79 Å². The average Bonchev–Trinajstić information content (AvgIpc) is 2.21. The summed E-state index contributed by atoms with van der Waals surface area (Å²) >= 11 is 6.05. The molecule has 0 aromatic heterocycles. The van der Waals surface area contributed by atoms with E-state index in [0.717, 1.165) is 18.7 Å². The van der Waals surface area contributed by atoms with E-state index in [2.05, 4.69) is 10.6 Å². The Labute approximate surface area is 107 Å². The minimum absolute atomic E-state index is 0.0211. The highest BCUT2D eigenvalue weighted by Gasteiger charge is 2.28. The normalized spacial score (nSPS) is 17.4. The van der Waals surface area contributed by atoms with Gasteiger partial charge in [0.1, 0.15) is 0 Å². The monoisotopic (exact) mass is 252 g/mol. The van der Waals surface area contributed by atoms with Crippen molar-refractivity contribution in [3.63, 3.8) is 0 Å². The van der Waals surface area contributed by atoms with E-state index in [1.165, 1.54) is 0 Å². The summed E-state index contributed by atoms with van der Waals surface area (Å²) in [6.07, 6.45) is 0. The van der Waals surface area contributed by atoms with E-state index in [-0.39, 0.29) is 11.8 Å². The summed E-state index contributed by atoms with van der Waals surface area (Å²) in [6.45, 7) is 5.79. The molecular weight excluding hydrogens is 236 g/mol. The average molecular weight is 253 g/mol. The van der Waals surface area contributed by atoms with Crippen LogP contribution in [0.3, 0.4) is 0 Å². The van der Waals surface area contributed by atoms with Crippen LogP contribution in [0.1, 0.15) is 12.5 Å². The Morgan fingerprint density at radius 1 is 1.53 bits per heavy atom. The van der Waals surface area contributed by atoms with Gasteiger partial charge in [-0.2, -0.15) is 0 Å². The Hall–Kier alpha value is -1.06. The summed E-state index contributed by atoms with van der Waals surface area (Å²) < 4.78 is 0. The summed E-state index contributed by atoms with van der Waals surface area (Å²) in [6, 6.07) is 5.63. The van der Waals surface area contributed by atoms with Gasteiger partial charge in [0, 0.05) is 5.92 Å². The summed E-state index contributed by atoms with van der Waals surface area (Å²) in [5, 5.41) is 6.66. The number of nitrogens with one attached hydrogen (secondary N) is 2. The number of halogens is 1. The summed E-state index contributed by atoms with van der Waals surface area (Å²) in [4.78, 5) is 12.0. The highest BCUT2D eigenvalue weighted by atomic mass is 35.5. The fourth-order valence-corrected chi connectivity index (χ4v) is 2.02. The van der Waals surface area contributed by atoms with E-state index in [1.807, 2.05) is 32.0 Å². The SMILES string of the molecule is Cc1ccc(Cl)c(NC(=O)C(C)C2CNC2)c1. The number of carbonyl (C=O) groups excluding carboxylic acids is 1.